The second-order valence-corrected chi connectivity index (χ2v) is 6.30. The van der Waals surface area contributed by atoms with Crippen molar-refractivity contribution in [1.82, 2.24) is 0 Å². The molecule has 0 aliphatic rings. The zero-order valence-electron chi connectivity index (χ0n) is 14.5. The molecule has 22 heavy (non-hydrogen) atoms. The summed E-state index contributed by atoms with van der Waals surface area (Å²) in [7, 11) is 0. The maximum atomic E-state index is 11.8. The highest BCUT2D eigenvalue weighted by molar-refractivity contribution is 5.96. The van der Waals surface area contributed by atoms with Crippen molar-refractivity contribution in [2.75, 3.05) is 6.61 Å². The minimum Gasteiger partial charge on any atom is -0.494 e. The van der Waals surface area contributed by atoms with Crippen LogP contribution < -0.4 is 4.74 Å². The number of benzene rings is 1. The third-order valence-electron chi connectivity index (χ3n) is 3.74. The fourth-order valence-electron chi connectivity index (χ4n) is 2.29. The van der Waals surface area contributed by atoms with Crippen LogP contribution >= 0.6 is 0 Å². The third kappa shape index (κ3) is 7.44. The lowest BCUT2D eigenvalue weighted by Gasteiger charge is -2.11. The summed E-state index contributed by atoms with van der Waals surface area (Å²) < 4.78 is 5.77. The molecule has 0 aliphatic carbocycles. The Morgan fingerprint density at radius 3 is 2.45 bits per heavy atom. The Bertz CT molecular complexity index is 467. The van der Waals surface area contributed by atoms with E-state index in [0.717, 1.165) is 37.2 Å². The number of carbonyl (C=O) groups excluding carboxylic acids is 1. The van der Waals surface area contributed by atoms with E-state index in [2.05, 4.69) is 26.8 Å². The number of ketones is 1. The van der Waals surface area contributed by atoms with Gasteiger partial charge in [-0.3, -0.25) is 4.79 Å². The Morgan fingerprint density at radius 2 is 1.86 bits per heavy atom. The Kier molecular flexibility index (Phi) is 8.57. The molecule has 0 amide bonds. The van der Waals surface area contributed by atoms with Gasteiger partial charge in [-0.2, -0.15) is 0 Å². The van der Waals surface area contributed by atoms with E-state index in [-0.39, 0.29) is 5.78 Å². The van der Waals surface area contributed by atoms with Crippen molar-refractivity contribution in [3.05, 3.63) is 41.5 Å². The van der Waals surface area contributed by atoms with Crippen molar-refractivity contribution < 1.29 is 9.53 Å². The third-order valence-corrected chi connectivity index (χ3v) is 3.74. The summed E-state index contributed by atoms with van der Waals surface area (Å²) in [5.74, 6) is 1.73. The SMILES string of the molecule is CCCC(=O)c1ccc(OCCC(C)CCC=C(C)C)cc1. The Morgan fingerprint density at radius 1 is 1.18 bits per heavy atom. The number of allylic oxidation sites excluding steroid dienone is 2. The Balaban J connectivity index is 2.30. The van der Waals surface area contributed by atoms with Crippen LogP contribution in [0.4, 0.5) is 0 Å². The van der Waals surface area contributed by atoms with Crippen molar-refractivity contribution in [2.45, 2.75) is 59.8 Å². The lowest BCUT2D eigenvalue weighted by molar-refractivity contribution is 0.0981. The van der Waals surface area contributed by atoms with E-state index in [9.17, 15) is 4.79 Å². The predicted octanol–water partition coefficient (Wildman–Crippen LogP) is 5.82. The summed E-state index contributed by atoms with van der Waals surface area (Å²) in [4.78, 5) is 11.8. The van der Waals surface area contributed by atoms with Crippen LogP contribution in [0.2, 0.25) is 0 Å². The first kappa shape index (κ1) is 18.5. The topological polar surface area (TPSA) is 26.3 Å². The van der Waals surface area contributed by atoms with Crippen molar-refractivity contribution in [2.24, 2.45) is 5.92 Å². The molecule has 2 nitrogen and oxygen atoms in total. The molecule has 0 aromatic heterocycles. The summed E-state index contributed by atoms with van der Waals surface area (Å²) >= 11 is 0. The fourth-order valence-corrected chi connectivity index (χ4v) is 2.29. The molecule has 0 fully saturated rings. The molecule has 1 aromatic carbocycles. The average molecular weight is 302 g/mol. The Labute approximate surface area is 135 Å². The largest absolute Gasteiger partial charge is 0.494 e. The van der Waals surface area contributed by atoms with Gasteiger partial charge < -0.3 is 4.74 Å². The zero-order valence-corrected chi connectivity index (χ0v) is 14.5. The van der Waals surface area contributed by atoms with Gasteiger partial charge in [0.2, 0.25) is 0 Å². The molecule has 0 radical (unpaired) electrons. The molecule has 0 saturated heterocycles. The van der Waals surface area contributed by atoms with Gasteiger partial charge in [0.05, 0.1) is 6.61 Å². The van der Waals surface area contributed by atoms with Gasteiger partial charge in [0.15, 0.2) is 5.78 Å². The molecule has 2 heteroatoms. The van der Waals surface area contributed by atoms with Crippen LogP contribution in [-0.2, 0) is 0 Å². The van der Waals surface area contributed by atoms with Gasteiger partial charge in [0.1, 0.15) is 5.75 Å². The van der Waals surface area contributed by atoms with Gasteiger partial charge >= 0.3 is 0 Å². The molecule has 0 saturated carbocycles. The van der Waals surface area contributed by atoms with Crippen LogP contribution in [0.15, 0.2) is 35.9 Å². The highest BCUT2D eigenvalue weighted by Crippen LogP contribution is 2.16. The van der Waals surface area contributed by atoms with Crippen LogP contribution in [0.5, 0.6) is 5.75 Å². The highest BCUT2D eigenvalue weighted by Gasteiger charge is 2.05. The molecule has 0 spiro atoms. The van der Waals surface area contributed by atoms with Gasteiger partial charge in [-0.05, 0) is 69.7 Å². The van der Waals surface area contributed by atoms with E-state index in [1.165, 1.54) is 12.0 Å². The lowest BCUT2D eigenvalue weighted by Crippen LogP contribution is -2.04. The molecular formula is C20H30O2. The van der Waals surface area contributed by atoms with Crippen LogP contribution in [0, 0.1) is 5.92 Å². The minimum absolute atomic E-state index is 0.210. The van der Waals surface area contributed by atoms with E-state index in [0.29, 0.717) is 12.3 Å². The number of hydrogen-bond acceptors (Lipinski definition) is 2. The van der Waals surface area contributed by atoms with Gasteiger partial charge in [-0.15, -0.1) is 0 Å². The summed E-state index contributed by atoms with van der Waals surface area (Å²) in [6, 6.07) is 7.53. The molecule has 1 unspecified atom stereocenters. The van der Waals surface area contributed by atoms with Crippen LogP contribution in [0.3, 0.4) is 0 Å². The fraction of sp³-hybridized carbons (Fsp3) is 0.550. The van der Waals surface area contributed by atoms with Crippen molar-refractivity contribution in [3.63, 3.8) is 0 Å². The molecule has 1 rings (SSSR count). The number of rotatable bonds is 10. The van der Waals surface area contributed by atoms with Gasteiger partial charge in [0.25, 0.3) is 0 Å². The number of ether oxygens (including phenoxy) is 1. The van der Waals surface area contributed by atoms with E-state index in [1.54, 1.807) is 0 Å². The number of hydrogen-bond donors (Lipinski definition) is 0. The molecule has 0 bridgehead atoms. The zero-order chi connectivity index (χ0) is 16.4. The molecule has 1 atom stereocenters. The summed E-state index contributed by atoms with van der Waals surface area (Å²) in [5, 5.41) is 0. The maximum Gasteiger partial charge on any atom is 0.162 e. The first-order chi connectivity index (χ1) is 10.5. The van der Waals surface area contributed by atoms with E-state index < -0.39 is 0 Å². The van der Waals surface area contributed by atoms with Crippen LogP contribution in [0.25, 0.3) is 0 Å². The Hall–Kier alpha value is -1.57. The van der Waals surface area contributed by atoms with E-state index in [1.807, 2.05) is 31.2 Å². The second-order valence-electron chi connectivity index (χ2n) is 6.30. The van der Waals surface area contributed by atoms with Crippen molar-refractivity contribution in [1.29, 1.82) is 0 Å². The van der Waals surface area contributed by atoms with Gasteiger partial charge in [-0.1, -0.05) is 25.5 Å². The lowest BCUT2D eigenvalue weighted by atomic mass is 10.0. The minimum atomic E-state index is 0.210. The number of Topliss-reactive ketones (excluding diaryl/α,β-unsaturated/α-hetero) is 1. The monoisotopic (exact) mass is 302 g/mol. The van der Waals surface area contributed by atoms with Crippen LogP contribution in [-0.4, -0.2) is 12.4 Å². The normalized spacial score (nSPS) is 11.8. The molecule has 122 valence electrons. The standard InChI is InChI=1S/C20H30O2/c1-5-7-20(21)18-10-12-19(13-11-18)22-15-14-17(4)9-6-8-16(2)3/h8,10-13,17H,5-7,9,14-15H2,1-4H3. The van der Waals surface area contributed by atoms with Gasteiger partial charge in [0, 0.05) is 12.0 Å². The second kappa shape index (κ2) is 10.2. The first-order valence-corrected chi connectivity index (χ1v) is 8.42. The van der Waals surface area contributed by atoms with Crippen LogP contribution in [0.1, 0.15) is 70.2 Å². The van der Waals surface area contributed by atoms with Gasteiger partial charge in [-0.25, -0.2) is 0 Å². The quantitative estimate of drug-likeness (QED) is 0.402. The van der Waals surface area contributed by atoms with E-state index in [4.69, 9.17) is 4.74 Å². The predicted molar refractivity (Wildman–Crippen MR) is 93.6 cm³/mol. The van der Waals surface area contributed by atoms with Crippen molar-refractivity contribution >= 4 is 5.78 Å². The smallest absolute Gasteiger partial charge is 0.162 e. The highest BCUT2D eigenvalue weighted by atomic mass is 16.5. The maximum absolute atomic E-state index is 11.8. The summed E-state index contributed by atoms with van der Waals surface area (Å²) in [6.45, 7) is 9.31. The van der Waals surface area contributed by atoms with Crippen molar-refractivity contribution in [3.8, 4) is 5.75 Å². The first-order valence-electron chi connectivity index (χ1n) is 8.42. The molecule has 0 heterocycles. The summed E-state index contributed by atoms with van der Waals surface area (Å²) in [6.07, 6.45) is 7.22. The molecule has 1 aromatic rings. The molecular weight excluding hydrogens is 272 g/mol. The molecule has 0 aliphatic heterocycles. The number of carbonyl (C=O) groups is 1. The molecule has 0 N–H and O–H groups in total. The average Bonchev–Trinajstić information content (AvgIpc) is 2.48. The van der Waals surface area contributed by atoms with E-state index >= 15 is 0 Å². The summed E-state index contributed by atoms with van der Waals surface area (Å²) in [5.41, 5.74) is 2.17.